The molecule has 2 unspecified atom stereocenters. The molecule has 1 aliphatic rings. The van der Waals surface area contributed by atoms with Crippen molar-refractivity contribution >= 4 is 65.7 Å². The molecule has 7 aromatic carbocycles. The molecule has 0 aliphatic heterocycles. The summed E-state index contributed by atoms with van der Waals surface area (Å²) >= 11 is 0. The van der Waals surface area contributed by atoms with Gasteiger partial charge in [0.05, 0.1) is 12.8 Å². The average molecular weight is 793 g/mol. The average Bonchev–Trinajstić information content (AvgIpc) is 3.22. The van der Waals surface area contributed by atoms with E-state index in [9.17, 15) is 33.4 Å². The van der Waals surface area contributed by atoms with Crippen LogP contribution in [-0.2, 0) is 10.1 Å². The molecule has 1 aliphatic carbocycles. The number of phenolic OH excluding ortho intramolecular Hbond substituents is 3. The van der Waals surface area contributed by atoms with E-state index in [-0.39, 0.29) is 39.3 Å². The number of aliphatic hydroxyl groups excluding tert-OH is 1. The second kappa shape index (κ2) is 15.3. The van der Waals surface area contributed by atoms with Crippen molar-refractivity contribution in [3.8, 4) is 23.0 Å². The van der Waals surface area contributed by atoms with E-state index in [2.05, 4.69) is 30.7 Å². The van der Waals surface area contributed by atoms with Gasteiger partial charge in [-0.1, -0.05) is 84.9 Å². The van der Waals surface area contributed by atoms with Crippen LogP contribution < -0.4 is 4.74 Å². The summed E-state index contributed by atoms with van der Waals surface area (Å²) < 4.78 is 39.2. The molecule has 58 heavy (non-hydrogen) atoms. The Morgan fingerprint density at radius 3 is 1.93 bits per heavy atom. The summed E-state index contributed by atoms with van der Waals surface area (Å²) in [4.78, 5) is -0.486. The van der Waals surface area contributed by atoms with Crippen molar-refractivity contribution in [1.29, 1.82) is 0 Å². The van der Waals surface area contributed by atoms with Gasteiger partial charge in [-0.3, -0.25) is 4.55 Å². The van der Waals surface area contributed by atoms with Crippen LogP contribution in [0.15, 0.2) is 169 Å². The van der Waals surface area contributed by atoms with E-state index >= 15 is 0 Å². The summed E-state index contributed by atoms with van der Waals surface area (Å²) in [5.41, 5.74) is 3.59. The first-order chi connectivity index (χ1) is 28.0. The zero-order chi connectivity index (χ0) is 40.6. The molecule has 5 N–H and O–H groups in total. The number of benzene rings is 7. The van der Waals surface area contributed by atoms with Gasteiger partial charge >= 0.3 is 0 Å². The van der Waals surface area contributed by atoms with Crippen LogP contribution in [-0.4, -0.2) is 46.6 Å². The van der Waals surface area contributed by atoms with Crippen molar-refractivity contribution in [3.63, 3.8) is 0 Å². The van der Waals surface area contributed by atoms with Crippen LogP contribution in [0.25, 0.3) is 27.1 Å². The van der Waals surface area contributed by atoms with Gasteiger partial charge in [-0.15, -0.1) is 15.3 Å². The zero-order valence-corrected chi connectivity index (χ0v) is 31.2. The van der Waals surface area contributed by atoms with Gasteiger partial charge in [0.25, 0.3) is 10.1 Å². The number of fused-ring (bicyclic) bond motifs is 3. The number of aliphatic hydroxyl groups is 1. The largest absolute Gasteiger partial charge is 0.506 e. The lowest BCUT2D eigenvalue weighted by molar-refractivity contribution is 0.188. The number of rotatable bonds is 9. The molecule has 0 spiro atoms. The van der Waals surface area contributed by atoms with E-state index in [1.807, 2.05) is 48.5 Å². The number of hydrogen-bond acceptors (Lipinski definition) is 13. The van der Waals surface area contributed by atoms with E-state index in [1.54, 1.807) is 48.5 Å². The highest BCUT2D eigenvalue weighted by atomic mass is 32.2. The molecule has 0 saturated heterocycles. The van der Waals surface area contributed by atoms with Crippen molar-refractivity contribution in [2.75, 3.05) is 7.11 Å². The lowest BCUT2D eigenvalue weighted by Gasteiger charge is -2.27. The monoisotopic (exact) mass is 792 g/mol. The normalized spacial score (nSPS) is 15.7. The summed E-state index contributed by atoms with van der Waals surface area (Å²) in [6.45, 7) is 0. The molecule has 0 radical (unpaired) electrons. The van der Waals surface area contributed by atoms with Gasteiger partial charge in [0.15, 0.2) is 0 Å². The fourth-order valence-corrected chi connectivity index (χ4v) is 7.62. The minimum atomic E-state index is -4.67. The molecule has 7 aromatic rings. The van der Waals surface area contributed by atoms with E-state index in [0.717, 1.165) is 11.6 Å². The quantitative estimate of drug-likeness (QED) is 0.0697. The Kier molecular flexibility index (Phi) is 9.92. The number of para-hydroxylation sites is 1. The molecule has 0 heterocycles. The second-order valence-corrected chi connectivity index (χ2v) is 14.6. The predicted molar refractivity (Wildman–Crippen MR) is 217 cm³/mol. The maximum Gasteiger partial charge on any atom is 0.295 e. The van der Waals surface area contributed by atoms with Crippen LogP contribution in [0.4, 0.5) is 28.4 Å². The van der Waals surface area contributed by atoms with Gasteiger partial charge in [0, 0.05) is 22.2 Å². The van der Waals surface area contributed by atoms with Gasteiger partial charge in [0.1, 0.15) is 62.8 Å². The predicted octanol–water partition coefficient (Wildman–Crippen LogP) is 10.8. The number of phenols is 3. The smallest absolute Gasteiger partial charge is 0.295 e. The Labute approximate surface area is 330 Å². The topological polar surface area (TPSA) is 219 Å². The highest BCUT2D eigenvalue weighted by Crippen LogP contribution is 2.47. The summed E-state index contributed by atoms with van der Waals surface area (Å²) in [5, 5.41) is 71.9. The lowest BCUT2D eigenvalue weighted by atomic mass is 9.81. The molecule has 0 bridgehead atoms. The first kappa shape index (κ1) is 37.6. The summed E-state index contributed by atoms with van der Waals surface area (Å²) in [6, 6.07) is 33.9. The van der Waals surface area contributed by atoms with Gasteiger partial charge in [-0.25, -0.2) is 0 Å². The van der Waals surface area contributed by atoms with E-state index < -0.39 is 32.9 Å². The van der Waals surface area contributed by atoms with Crippen LogP contribution in [0.1, 0.15) is 22.7 Å². The Morgan fingerprint density at radius 2 is 1.21 bits per heavy atom. The highest BCUT2D eigenvalue weighted by molar-refractivity contribution is 7.86. The van der Waals surface area contributed by atoms with Crippen LogP contribution >= 0.6 is 0 Å². The molecule has 0 aromatic heterocycles. The van der Waals surface area contributed by atoms with Crippen LogP contribution in [0.3, 0.4) is 0 Å². The Morgan fingerprint density at radius 1 is 0.586 bits per heavy atom. The summed E-state index contributed by atoms with van der Waals surface area (Å²) in [7, 11) is -3.13. The first-order valence-corrected chi connectivity index (χ1v) is 19.1. The van der Waals surface area contributed by atoms with Crippen LogP contribution in [0, 0.1) is 0 Å². The van der Waals surface area contributed by atoms with Crippen LogP contribution in [0.2, 0.25) is 0 Å². The third-order valence-corrected chi connectivity index (χ3v) is 10.5. The minimum Gasteiger partial charge on any atom is -0.506 e. The highest BCUT2D eigenvalue weighted by Gasteiger charge is 2.30. The molecule has 0 amide bonds. The summed E-state index contributed by atoms with van der Waals surface area (Å²) in [5.74, 6) is -0.403. The third kappa shape index (κ3) is 7.12. The van der Waals surface area contributed by atoms with Gasteiger partial charge in [-0.05, 0) is 70.1 Å². The Bertz CT molecular complexity index is 3000. The SMILES string of the molecule is COc1ccccc1N=Nc1ccc(O)c(N=NC2c3ccccc3C(c3cc(O)c(N=Nc4c(O)cc(S(=O)(=O)O)c5ccccc45)c4ccccc34)=CC2O)c1. The molecular formula is C43H32N6O8S. The molecular weight excluding hydrogens is 761 g/mol. The zero-order valence-electron chi connectivity index (χ0n) is 30.4. The fraction of sp³-hybridized carbons (Fsp3) is 0.0698. The summed E-state index contributed by atoms with van der Waals surface area (Å²) in [6.07, 6.45) is 0.457. The second-order valence-electron chi connectivity index (χ2n) is 13.2. The number of hydrogen-bond donors (Lipinski definition) is 5. The van der Waals surface area contributed by atoms with Crippen LogP contribution in [0.5, 0.6) is 23.0 Å². The molecule has 15 heteroatoms. The van der Waals surface area contributed by atoms with Gasteiger partial charge in [0.2, 0.25) is 0 Å². The number of azo groups is 3. The molecule has 0 fully saturated rings. The molecule has 288 valence electrons. The fourth-order valence-electron chi connectivity index (χ4n) is 6.91. The molecule has 2 atom stereocenters. The number of ether oxygens (including phenoxy) is 1. The number of methoxy groups -OCH3 is 1. The molecule has 8 rings (SSSR count). The third-order valence-electron chi connectivity index (χ3n) is 9.61. The van der Waals surface area contributed by atoms with Crippen molar-refractivity contribution in [2.24, 2.45) is 30.7 Å². The van der Waals surface area contributed by atoms with Crippen molar-refractivity contribution in [3.05, 3.63) is 150 Å². The number of nitrogens with zero attached hydrogens (tertiary/aromatic N) is 6. The maximum absolute atomic E-state index is 12.1. The van der Waals surface area contributed by atoms with E-state index in [1.165, 1.54) is 37.4 Å². The number of aromatic hydroxyl groups is 3. The van der Waals surface area contributed by atoms with E-state index in [0.29, 0.717) is 44.6 Å². The van der Waals surface area contributed by atoms with Gasteiger partial charge in [-0.2, -0.15) is 23.8 Å². The standard InChI is InChI=1S/C43H32N6O8S/c1-57-39-17-9-8-16-33(39)45-44-24-18-19-35(50)34(20-24)46-47-41-28-13-5-2-10-25(28)31(21-36(41)51)32-22-37(52)42(29-14-6-3-11-26(29)32)48-49-43-30-15-7-4-12-27(30)40(23-38(43)53)58(54,55)56/h2-23,36,41,50-53H,1H3,(H,54,55,56). The van der Waals surface area contributed by atoms with Crippen molar-refractivity contribution < 1.29 is 38.1 Å². The van der Waals surface area contributed by atoms with E-state index in [4.69, 9.17) is 4.74 Å². The maximum atomic E-state index is 12.1. The van der Waals surface area contributed by atoms with Crippen molar-refractivity contribution in [2.45, 2.75) is 17.0 Å². The minimum absolute atomic E-state index is 0.0694. The van der Waals surface area contributed by atoms with Crippen molar-refractivity contribution in [1.82, 2.24) is 0 Å². The van der Waals surface area contributed by atoms with Gasteiger partial charge < -0.3 is 25.2 Å². The molecule has 14 nitrogen and oxygen atoms in total. The Balaban J connectivity index is 1.15. The molecule has 0 saturated carbocycles. The first-order valence-electron chi connectivity index (χ1n) is 17.7. The lowest BCUT2D eigenvalue weighted by Crippen LogP contribution is -2.20. The Hall–Kier alpha value is -7.33.